The Morgan fingerprint density at radius 3 is 2.59 bits per heavy atom. The number of anilines is 3. The molecule has 3 aromatic rings. The number of halogens is 2. The Morgan fingerprint density at radius 2 is 1.86 bits per heavy atom. The summed E-state index contributed by atoms with van der Waals surface area (Å²) >= 11 is 0. The number of piperazine rings is 1. The summed E-state index contributed by atoms with van der Waals surface area (Å²) < 4.78 is 61.9. The minimum atomic E-state index is -4.11. The molecule has 10 nitrogen and oxygen atoms in total. The van der Waals surface area contributed by atoms with Crippen molar-refractivity contribution in [1.29, 1.82) is 0 Å². The molecule has 6 rings (SSSR count). The molecule has 0 radical (unpaired) electrons. The highest BCUT2D eigenvalue weighted by atomic mass is 32.2. The topological polar surface area (TPSA) is 107 Å². The molecule has 1 N–H and O–H groups in total. The molecular weight excluding hydrogens is 504 g/mol. The number of hydrogen-bond acceptors (Lipinski definition) is 9. The van der Waals surface area contributed by atoms with Crippen LogP contribution in [0.15, 0.2) is 68.8 Å². The fourth-order valence-electron chi connectivity index (χ4n) is 4.72. The first-order valence-electron chi connectivity index (χ1n) is 12.0. The zero-order valence-electron chi connectivity index (χ0n) is 19.8. The van der Waals surface area contributed by atoms with Crippen LogP contribution in [-0.4, -0.2) is 57.1 Å². The second-order valence-electron chi connectivity index (χ2n) is 9.36. The number of nitrogens with zero attached hydrogens (tertiary/aromatic N) is 6. The first-order valence-corrected chi connectivity index (χ1v) is 13.5. The Morgan fingerprint density at radius 1 is 1.05 bits per heavy atom. The van der Waals surface area contributed by atoms with Crippen LogP contribution in [0.2, 0.25) is 0 Å². The molecule has 0 amide bonds. The zero-order chi connectivity index (χ0) is 25.6. The van der Waals surface area contributed by atoms with E-state index in [1.165, 1.54) is 25.2 Å². The van der Waals surface area contributed by atoms with Crippen LogP contribution < -0.4 is 14.6 Å². The number of sulfonamides is 1. The summed E-state index contributed by atoms with van der Waals surface area (Å²) in [4.78, 5) is 9.01. The Labute approximate surface area is 212 Å². The monoisotopic (exact) mass is 529 g/mol. The van der Waals surface area contributed by atoms with Crippen molar-refractivity contribution in [2.45, 2.75) is 29.8 Å². The van der Waals surface area contributed by atoms with Crippen LogP contribution in [0.1, 0.15) is 24.4 Å². The second kappa shape index (κ2) is 9.38. The van der Waals surface area contributed by atoms with E-state index in [1.54, 1.807) is 6.20 Å². The van der Waals surface area contributed by atoms with E-state index in [1.807, 2.05) is 12.3 Å². The van der Waals surface area contributed by atoms with Crippen molar-refractivity contribution in [3.05, 3.63) is 66.4 Å². The maximum absolute atomic E-state index is 15.3. The van der Waals surface area contributed by atoms with Gasteiger partial charge < -0.3 is 9.32 Å². The van der Waals surface area contributed by atoms with Gasteiger partial charge in [0.25, 0.3) is 10.0 Å². The van der Waals surface area contributed by atoms with Crippen molar-refractivity contribution in [3.63, 3.8) is 0 Å². The van der Waals surface area contributed by atoms with Crippen molar-refractivity contribution >= 4 is 27.1 Å². The molecule has 1 atom stereocenters. The molecule has 1 aliphatic carbocycles. The summed E-state index contributed by atoms with van der Waals surface area (Å²) in [5, 5.41) is 9.31. The summed E-state index contributed by atoms with van der Waals surface area (Å²) in [6.45, 7) is 3.94. The molecule has 2 aliphatic heterocycles. The van der Waals surface area contributed by atoms with Crippen molar-refractivity contribution in [2.75, 3.05) is 47.4 Å². The highest BCUT2D eigenvalue weighted by Gasteiger charge is 2.32. The standard InChI is InChI=1S/C24H25F2N7O3S/c25-20-3-4-21(29-37(34,35)19-5-10-36-15-19)23(26)24(20)33-14-22(28-30-33)16-11-18(13-27-12-16)32-8-6-31(7-9-32)17-1-2-17/h3-5,10-13,15,17,22,29H,1-2,6-9,14H2. The molecule has 0 spiro atoms. The predicted molar refractivity (Wildman–Crippen MR) is 132 cm³/mol. The van der Waals surface area contributed by atoms with Crippen LogP contribution in [0.5, 0.6) is 0 Å². The number of rotatable bonds is 7. The van der Waals surface area contributed by atoms with Crippen LogP contribution in [0.4, 0.5) is 25.8 Å². The molecule has 1 aromatic carbocycles. The van der Waals surface area contributed by atoms with Gasteiger partial charge in [-0.25, -0.2) is 22.2 Å². The molecule has 2 aromatic heterocycles. The quantitative estimate of drug-likeness (QED) is 0.494. The molecule has 1 saturated carbocycles. The van der Waals surface area contributed by atoms with Gasteiger partial charge in [-0.1, -0.05) is 5.22 Å². The lowest BCUT2D eigenvalue weighted by molar-refractivity contribution is 0.248. The highest BCUT2D eigenvalue weighted by molar-refractivity contribution is 7.92. The zero-order valence-corrected chi connectivity index (χ0v) is 20.6. The molecule has 1 saturated heterocycles. The van der Waals surface area contributed by atoms with E-state index in [4.69, 9.17) is 4.42 Å². The molecule has 3 aliphatic rings. The summed E-state index contributed by atoms with van der Waals surface area (Å²) in [5.41, 5.74) is 0.866. The largest absolute Gasteiger partial charge is 0.471 e. The van der Waals surface area contributed by atoms with Gasteiger partial charge in [0.05, 0.1) is 30.4 Å². The summed E-state index contributed by atoms with van der Waals surface area (Å²) in [6, 6.07) is 5.49. The van der Waals surface area contributed by atoms with Gasteiger partial charge in [-0.2, -0.15) is 5.11 Å². The molecule has 13 heteroatoms. The fraction of sp³-hybridized carbons (Fsp3) is 0.375. The third-order valence-electron chi connectivity index (χ3n) is 6.89. The maximum Gasteiger partial charge on any atom is 0.265 e. The van der Waals surface area contributed by atoms with Gasteiger partial charge in [0.15, 0.2) is 11.6 Å². The smallest absolute Gasteiger partial charge is 0.265 e. The van der Waals surface area contributed by atoms with Crippen LogP contribution in [-0.2, 0) is 10.0 Å². The van der Waals surface area contributed by atoms with Gasteiger partial charge in [0.1, 0.15) is 22.9 Å². The Hall–Kier alpha value is -3.58. The number of nitrogens with one attached hydrogen (secondary N) is 1. The van der Waals surface area contributed by atoms with E-state index in [2.05, 4.69) is 29.8 Å². The molecule has 0 bridgehead atoms. The number of pyridine rings is 1. The van der Waals surface area contributed by atoms with Crippen molar-refractivity contribution < 1.29 is 21.6 Å². The summed E-state index contributed by atoms with van der Waals surface area (Å²) in [6.07, 6.45) is 8.28. The minimum absolute atomic E-state index is 0.0758. The molecule has 4 heterocycles. The van der Waals surface area contributed by atoms with Gasteiger partial charge >= 0.3 is 0 Å². The van der Waals surface area contributed by atoms with Gasteiger partial charge in [-0.15, -0.1) is 0 Å². The Bertz CT molecular complexity index is 1420. The summed E-state index contributed by atoms with van der Waals surface area (Å²) in [7, 11) is -4.11. The van der Waals surface area contributed by atoms with Crippen molar-refractivity contribution in [2.24, 2.45) is 10.3 Å². The van der Waals surface area contributed by atoms with Crippen LogP contribution in [0.25, 0.3) is 0 Å². The molecule has 37 heavy (non-hydrogen) atoms. The lowest BCUT2D eigenvalue weighted by atomic mass is 10.1. The van der Waals surface area contributed by atoms with E-state index >= 15 is 4.39 Å². The Balaban J connectivity index is 1.18. The van der Waals surface area contributed by atoms with Crippen molar-refractivity contribution in [3.8, 4) is 0 Å². The van der Waals surface area contributed by atoms with Gasteiger partial charge in [-0.3, -0.25) is 14.6 Å². The molecule has 1 unspecified atom stereocenters. The maximum atomic E-state index is 15.3. The van der Waals surface area contributed by atoms with Crippen LogP contribution in [0.3, 0.4) is 0 Å². The number of aromatic nitrogens is 1. The third-order valence-corrected chi connectivity index (χ3v) is 8.23. The number of hydrogen-bond donors (Lipinski definition) is 1. The average molecular weight is 530 g/mol. The molecule has 2 fully saturated rings. The van der Waals surface area contributed by atoms with Gasteiger partial charge in [0, 0.05) is 44.0 Å². The van der Waals surface area contributed by atoms with E-state index in [9.17, 15) is 12.8 Å². The first-order chi connectivity index (χ1) is 17.9. The summed E-state index contributed by atoms with van der Waals surface area (Å²) in [5.74, 6) is -1.98. The normalized spacial score (nSPS) is 20.5. The average Bonchev–Trinajstić information content (AvgIpc) is 3.37. The van der Waals surface area contributed by atoms with Gasteiger partial charge in [-0.05, 0) is 37.1 Å². The number of benzene rings is 1. The minimum Gasteiger partial charge on any atom is -0.471 e. The second-order valence-corrected chi connectivity index (χ2v) is 11.0. The van der Waals surface area contributed by atoms with Crippen LogP contribution in [0, 0.1) is 11.6 Å². The van der Waals surface area contributed by atoms with E-state index in [-0.39, 0.29) is 11.4 Å². The highest BCUT2D eigenvalue weighted by Crippen LogP contribution is 2.36. The third kappa shape index (κ3) is 4.76. The van der Waals surface area contributed by atoms with Gasteiger partial charge in [0.2, 0.25) is 0 Å². The van der Waals surface area contributed by atoms with E-state index < -0.39 is 39.1 Å². The SMILES string of the molecule is O=S(=O)(Nc1ccc(F)c(N2CC(c3cncc(N4CCN(C5CC5)CC4)c3)N=N2)c1F)c1ccoc1. The Kier molecular flexibility index (Phi) is 6.03. The predicted octanol–water partition coefficient (Wildman–Crippen LogP) is 3.97. The lowest BCUT2D eigenvalue weighted by Crippen LogP contribution is -2.47. The number of furan rings is 1. The molecule has 194 valence electrons. The van der Waals surface area contributed by atoms with E-state index in [0.29, 0.717) is 0 Å². The van der Waals surface area contributed by atoms with Crippen LogP contribution >= 0.6 is 0 Å². The van der Waals surface area contributed by atoms with E-state index in [0.717, 1.165) is 66.9 Å². The lowest BCUT2D eigenvalue weighted by Gasteiger charge is -2.36. The molecular formula is C24H25F2N7O3S. The first kappa shape index (κ1) is 23.8. The fourth-order valence-corrected chi connectivity index (χ4v) is 5.70. The van der Waals surface area contributed by atoms with Crippen molar-refractivity contribution in [1.82, 2.24) is 9.88 Å².